The van der Waals surface area contributed by atoms with Crippen LogP contribution in [0.2, 0.25) is 6.32 Å². The second-order valence-electron chi connectivity index (χ2n) is 11.0. The van der Waals surface area contributed by atoms with Crippen LogP contribution in [-0.2, 0) is 9.31 Å². The van der Waals surface area contributed by atoms with E-state index in [0.717, 1.165) is 6.32 Å². The zero-order chi connectivity index (χ0) is 22.4. The predicted molar refractivity (Wildman–Crippen MR) is 130 cm³/mol. The Hall–Kier alpha value is -0.545. The van der Waals surface area contributed by atoms with Gasteiger partial charge in [-0.2, -0.15) is 5.10 Å². The lowest BCUT2D eigenvalue weighted by atomic mass is 9.67. The van der Waals surface area contributed by atoms with Crippen LogP contribution in [0.4, 0.5) is 0 Å². The highest BCUT2D eigenvalue weighted by Gasteiger charge is 2.51. The molecular weight excluding hydrogens is 371 g/mol. The van der Waals surface area contributed by atoms with Crippen LogP contribution in [-0.4, -0.2) is 43.1 Å². The summed E-state index contributed by atoms with van der Waals surface area (Å²) < 4.78 is 12.8. The van der Waals surface area contributed by atoms with Crippen molar-refractivity contribution in [1.82, 2.24) is 5.01 Å². The van der Waals surface area contributed by atoms with E-state index in [-0.39, 0.29) is 18.3 Å². The molecule has 0 unspecified atom stereocenters. The Morgan fingerprint density at radius 1 is 1.00 bits per heavy atom. The van der Waals surface area contributed by atoms with E-state index in [9.17, 15) is 0 Å². The normalized spacial score (nSPS) is 24.1. The molecule has 0 aromatic rings. The molecule has 1 saturated heterocycles. The fourth-order valence-electron chi connectivity index (χ4n) is 5.13. The molecule has 1 saturated carbocycles. The van der Waals surface area contributed by atoms with Gasteiger partial charge in [0.2, 0.25) is 0 Å². The van der Waals surface area contributed by atoms with Gasteiger partial charge in [0.1, 0.15) is 0 Å². The molecule has 0 spiro atoms. The standard InChI is InChI=1S/C25H49BN2O2/c1-9-10-11-13-18-22(19-26-29-24(3,4)25(5,6)30-26)20(2)23(27-28(7)8)21-16-14-12-15-17-21/h20-22H,9-19H2,1-8H3/b27-23-/t20-,22+/m1/s1. The summed E-state index contributed by atoms with van der Waals surface area (Å²) in [6.45, 7) is 13.4. The van der Waals surface area contributed by atoms with E-state index in [1.165, 1.54) is 69.9 Å². The first-order valence-electron chi connectivity index (χ1n) is 12.7. The van der Waals surface area contributed by atoms with Crippen molar-refractivity contribution in [3.63, 3.8) is 0 Å². The predicted octanol–water partition coefficient (Wildman–Crippen LogP) is 6.80. The first-order valence-corrected chi connectivity index (χ1v) is 12.7. The van der Waals surface area contributed by atoms with Gasteiger partial charge < -0.3 is 14.3 Å². The number of hydrazone groups is 1. The van der Waals surface area contributed by atoms with Gasteiger partial charge in [0.05, 0.1) is 11.2 Å². The number of hydrogen-bond acceptors (Lipinski definition) is 4. The molecule has 2 rings (SSSR count). The minimum atomic E-state index is -0.252. The van der Waals surface area contributed by atoms with Crippen molar-refractivity contribution in [3.8, 4) is 0 Å². The molecule has 0 N–H and O–H groups in total. The van der Waals surface area contributed by atoms with Crippen LogP contribution in [0.25, 0.3) is 0 Å². The van der Waals surface area contributed by atoms with Gasteiger partial charge in [-0.15, -0.1) is 0 Å². The molecule has 174 valence electrons. The second-order valence-corrected chi connectivity index (χ2v) is 11.0. The molecule has 0 bridgehead atoms. The van der Waals surface area contributed by atoms with Gasteiger partial charge in [0.25, 0.3) is 0 Å². The molecule has 0 amide bonds. The summed E-state index contributed by atoms with van der Waals surface area (Å²) in [4.78, 5) is 0. The van der Waals surface area contributed by atoms with E-state index in [2.05, 4.69) is 55.6 Å². The minimum Gasteiger partial charge on any atom is -0.403 e. The number of unbranched alkanes of at least 4 members (excludes halogenated alkanes) is 3. The molecule has 2 aliphatic rings. The van der Waals surface area contributed by atoms with Crippen molar-refractivity contribution in [2.24, 2.45) is 22.9 Å². The Balaban J connectivity index is 2.16. The lowest BCUT2D eigenvalue weighted by Gasteiger charge is -2.33. The Bertz CT molecular complexity index is 525. The average Bonchev–Trinajstić information content (AvgIpc) is 2.88. The van der Waals surface area contributed by atoms with Gasteiger partial charge in [-0.25, -0.2) is 0 Å². The molecular formula is C25H49BN2O2. The van der Waals surface area contributed by atoms with Gasteiger partial charge >= 0.3 is 7.12 Å². The zero-order valence-electron chi connectivity index (χ0n) is 21.3. The van der Waals surface area contributed by atoms with Crippen LogP contribution in [0.3, 0.4) is 0 Å². The number of hydrogen-bond donors (Lipinski definition) is 0. The van der Waals surface area contributed by atoms with Gasteiger partial charge in [-0.1, -0.05) is 65.2 Å². The van der Waals surface area contributed by atoms with Gasteiger partial charge in [0.15, 0.2) is 0 Å². The molecule has 0 aromatic heterocycles. The van der Waals surface area contributed by atoms with E-state index in [1.807, 2.05) is 5.01 Å². The van der Waals surface area contributed by atoms with Crippen LogP contribution in [0.1, 0.15) is 106 Å². The maximum absolute atomic E-state index is 6.41. The summed E-state index contributed by atoms with van der Waals surface area (Å²) in [6, 6.07) is 0. The summed E-state index contributed by atoms with van der Waals surface area (Å²) in [5.41, 5.74) is 0.923. The first kappa shape index (κ1) is 25.7. The third-order valence-corrected chi connectivity index (χ3v) is 7.74. The summed E-state index contributed by atoms with van der Waals surface area (Å²) >= 11 is 0. The molecule has 1 aliphatic carbocycles. The summed E-state index contributed by atoms with van der Waals surface area (Å²) in [5, 5.41) is 7.08. The smallest absolute Gasteiger partial charge is 0.403 e. The van der Waals surface area contributed by atoms with E-state index in [0.29, 0.717) is 17.8 Å². The van der Waals surface area contributed by atoms with Crippen LogP contribution >= 0.6 is 0 Å². The topological polar surface area (TPSA) is 34.1 Å². The molecule has 2 fully saturated rings. The van der Waals surface area contributed by atoms with Crippen molar-refractivity contribution in [1.29, 1.82) is 0 Å². The first-order chi connectivity index (χ1) is 14.1. The summed E-state index contributed by atoms with van der Waals surface area (Å²) in [7, 11) is 4.03. The lowest BCUT2D eigenvalue weighted by Crippen LogP contribution is -2.41. The average molecular weight is 420 g/mol. The van der Waals surface area contributed by atoms with Gasteiger partial charge in [-0.05, 0) is 64.6 Å². The molecule has 4 nitrogen and oxygen atoms in total. The van der Waals surface area contributed by atoms with E-state index < -0.39 is 0 Å². The van der Waals surface area contributed by atoms with Crippen LogP contribution < -0.4 is 0 Å². The fraction of sp³-hybridized carbons (Fsp3) is 0.960. The second kappa shape index (κ2) is 11.4. The van der Waals surface area contributed by atoms with Crippen molar-refractivity contribution in [2.45, 2.75) is 123 Å². The number of nitrogens with zero attached hydrogens (tertiary/aromatic N) is 2. The molecule has 2 atom stereocenters. The molecule has 1 heterocycles. The maximum Gasteiger partial charge on any atom is 0.458 e. The molecule has 5 heteroatoms. The Morgan fingerprint density at radius 2 is 1.60 bits per heavy atom. The monoisotopic (exact) mass is 420 g/mol. The van der Waals surface area contributed by atoms with Crippen LogP contribution in [0, 0.1) is 17.8 Å². The molecule has 30 heavy (non-hydrogen) atoms. The lowest BCUT2D eigenvalue weighted by molar-refractivity contribution is 0.00578. The zero-order valence-corrected chi connectivity index (χ0v) is 21.3. The van der Waals surface area contributed by atoms with E-state index >= 15 is 0 Å². The van der Waals surface area contributed by atoms with Crippen molar-refractivity contribution >= 4 is 12.8 Å². The largest absolute Gasteiger partial charge is 0.458 e. The van der Waals surface area contributed by atoms with Gasteiger partial charge in [0, 0.05) is 19.8 Å². The molecule has 0 radical (unpaired) electrons. The molecule has 1 aliphatic heterocycles. The molecule has 0 aromatic carbocycles. The van der Waals surface area contributed by atoms with E-state index in [1.54, 1.807) is 0 Å². The van der Waals surface area contributed by atoms with Crippen molar-refractivity contribution < 1.29 is 9.31 Å². The Morgan fingerprint density at radius 3 is 2.13 bits per heavy atom. The fourth-order valence-corrected chi connectivity index (χ4v) is 5.13. The third kappa shape index (κ3) is 6.98. The van der Waals surface area contributed by atoms with Crippen LogP contribution in [0.15, 0.2) is 5.10 Å². The third-order valence-electron chi connectivity index (χ3n) is 7.74. The van der Waals surface area contributed by atoms with E-state index in [4.69, 9.17) is 14.4 Å². The SMILES string of the molecule is CCCCCC[C@@H](CB1OC(C)(C)C(C)(C)O1)[C@@H](C)/C(=N/N(C)C)C1CCCCC1. The highest BCUT2D eigenvalue weighted by molar-refractivity contribution is 6.45. The summed E-state index contributed by atoms with van der Waals surface area (Å²) in [5.74, 6) is 1.67. The Labute approximate surface area is 187 Å². The number of rotatable bonds is 11. The van der Waals surface area contributed by atoms with Crippen molar-refractivity contribution in [2.75, 3.05) is 14.1 Å². The summed E-state index contributed by atoms with van der Waals surface area (Å²) in [6.07, 6.45) is 14.1. The Kier molecular flexibility index (Phi) is 9.74. The quantitative estimate of drug-likeness (QED) is 0.160. The highest BCUT2D eigenvalue weighted by atomic mass is 16.7. The highest BCUT2D eigenvalue weighted by Crippen LogP contribution is 2.41. The minimum absolute atomic E-state index is 0.111. The van der Waals surface area contributed by atoms with Gasteiger partial charge in [-0.3, -0.25) is 0 Å². The maximum atomic E-state index is 6.41. The van der Waals surface area contributed by atoms with Crippen LogP contribution in [0.5, 0.6) is 0 Å². The van der Waals surface area contributed by atoms with Crippen molar-refractivity contribution in [3.05, 3.63) is 0 Å².